The summed E-state index contributed by atoms with van der Waals surface area (Å²) in [6.07, 6.45) is 4.97. The van der Waals surface area contributed by atoms with Gasteiger partial charge >= 0.3 is 0 Å². The second kappa shape index (κ2) is 4.61. The quantitative estimate of drug-likeness (QED) is 0.741. The fourth-order valence-electron chi connectivity index (χ4n) is 3.09. The fraction of sp³-hybridized carbons (Fsp3) is 0.533. The molecular weight excluding hydrogens is 212 g/mol. The molecule has 0 N–H and O–H groups in total. The first-order chi connectivity index (χ1) is 8.36. The first-order valence-electron chi connectivity index (χ1n) is 6.58. The molecule has 2 nitrogen and oxygen atoms in total. The van der Waals surface area contributed by atoms with Crippen LogP contribution in [0.5, 0.6) is 0 Å². The van der Waals surface area contributed by atoms with Gasteiger partial charge in [0, 0.05) is 12.3 Å². The van der Waals surface area contributed by atoms with E-state index in [1.54, 1.807) is 0 Å². The van der Waals surface area contributed by atoms with E-state index in [0.29, 0.717) is 5.78 Å². The molecule has 2 atom stereocenters. The number of Topliss-reactive ketones (excluding diaryl/α,β-unsaturated/α-hetero) is 1. The van der Waals surface area contributed by atoms with Gasteiger partial charge in [-0.15, -0.1) is 0 Å². The molecule has 0 aromatic heterocycles. The third-order valence-corrected chi connectivity index (χ3v) is 4.00. The Balaban J connectivity index is 1.91. The molecule has 1 aliphatic carbocycles. The minimum atomic E-state index is 0.0211. The Bertz CT molecular complexity index is 425. The third-order valence-electron chi connectivity index (χ3n) is 4.00. The molecule has 1 aromatic carbocycles. The van der Waals surface area contributed by atoms with Gasteiger partial charge in [-0.1, -0.05) is 30.7 Å². The van der Waals surface area contributed by atoms with Crippen molar-refractivity contribution in [3.05, 3.63) is 35.4 Å². The summed E-state index contributed by atoms with van der Waals surface area (Å²) in [7, 11) is 0. The lowest BCUT2D eigenvalue weighted by molar-refractivity contribution is -0.131. The number of hydrogen-bond acceptors (Lipinski definition) is 2. The van der Waals surface area contributed by atoms with Gasteiger partial charge in [-0.25, -0.2) is 0 Å². The predicted octanol–water partition coefficient (Wildman–Crippen LogP) is 3.06. The van der Waals surface area contributed by atoms with Gasteiger partial charge in [-0.3, -0.25) is 4.79 Å². The number of benzene rings is 1. The van der Waals surface area contributed by atoms with Crippen molar-refractivity contribution in [2.45, 2.75) is 38.2 Å². The maximum Gasteiger partial charge on any atom is 0.138 e. The average molecular weight is 230 g/mol. The molecule has 2 unspecified atom stereocenters. The molecule has 17 heavy (non-hydrogen) atoms. The summed E-state index contributed by atoms with van der Waals surface area (Å²) in [5, 5.41) is 0. The Labute approximate surface area is 102 Å². The van der Waals surface area contributed by atoms with E-state index in [-0.39, 0.29) is 12.0 Å². The summed E-state index contributed by atoms with van der Waals surface area (Å²) in [4.78, 5) is 12.0. The second-order valence-electron chi connectivity index (χ2n) is 5.06. The molecule has 3 rings (SSSR count). The van der Waals surface area contributed by atoms with Crippen LogP contribution >= 0.6 is 0 Å². The summed E-state index contributed by atoms with van der Waals surface area (Å²) in [6, 6.07) is 8.41. The summed E-state index contributed by atoms with van der Waals surface area (Å²) >= 11 is 0. The van der Waals surface area contributed by atoms with Crippen LogP contribution in [-0.4, -0.2) is 12.4 Å². The van der Waals surface area contributed by atoms with Gasteiger partial charge in [0.25, 0.3) is 0 Å². The van der Waals surface area contributed by atoms with Crippen molar-refractivity contribution in [1.82, 2.24) is 0 Å². The maximum atomic E-state index is 12.0. The van der Waals surface area contributed by atoms with Gasteiger partial charge in [-0.05, 0) is 30.4 Å². The third kappa shape index (κ3) is 2.02. The summed E-state index contributed by atoms with van der Waals surface area (Å²) in [5.74, 6) is 0.503. The van der Waals surface area contributed by atoms with Gasteiger partial charge in [0.2, 0.25) is 0 Å². The van der Waals surface area contributed by atoms with Crippen LogP contribution < -0.4 is 0 Å². The standard InChI is InChI=1S/C15H18O2/c16-14-8-4-3-7-13(14)15-12-6-2-1-5-11(12)9-10-17-15/h1-2,5-6,13,15H,3-4,7-10H2. The molecule has 0 amide bonds. The summed E-state index contributed by atoms with van der Waals surface area (Å²) in [5.41, 5.74) is 2.61. The number of fused-ring (bicyclic) bond motifs is 1. The van der Waals surface area contributed by atoms with Gasteiger partial charge in [0.1, 0.15) is 5.78 Å². The van der Waals surface area contributed by atoms with Crippen molar-refractivity contribution >= 4 is 5.78 Å². The van der Waals surface area contributed by atoms with Crippen LogP contribution in [0.2, 0.25) is 0 Å². The molecule has 0 spiro atoms. The Kier molecular flexibility index (Phi) is 2.98. The van der Waals surface area contributed by atoms with Crippen molar-refractivity contribution in [2.24, 2.45) is 5.92 Å². The zero-order valence-corrected chi connectivity index (χ0v) is 10.0. The first-order valence-corrected chi connectivity index (χ1v) is 6.58. The van der Waals surface area contributed by atoms with Crippen LogP contribution in [0.1, 0.15) is 42.9 Å². The smallest absolute Gasteiger partial charge is 0.138 e. The minimum absolute atomic E-state index is 0.0211. The highest BCUT2D eigenvalue weighted by Gasteiger charge is 2.34. The van der Waals surface area contributed by atoms with Crippen LogP contribution in [0.15, 0.2) is 24.3 Å². The van der Waals surface area contributed by atoms with Crippen molar-refractivity contribution in [1.29, 1.82) is 0 Å². The molecule has 1 saturated carbocycles. The predicted molar refractivity (Wildman–Crippen MR) is 65.8 cm³/mol. The molecule has 1 aromatic rings. The first kappa shape index (κ1) is 11.0. The Hall–Kier alpha value is -1.15. The summed E-state index contributed by atoms with van der Waals surface area (Å²) < 4.78 is 5.89. The number of ether oxygens (including phenoxy) is 1. The van der Waals surface area contributed by atoms with Crippen LogP contribution in [0.4, 0.5) is 0 Å². The molecule has 0 radical (unpaired) electrons. The van der Waals surface area contributed by atoms with E-state index in [1.165, 1.54) is 17.5 Å². The molecule has 1 heterocycles. The molecule has 0 bridgehead atoms. The summed E-state index contributed by atoms with van der Waals surface area (Å²) in [6.45, 7) is 0.755. The molecular formula is C15H18O2. The largest absolute Gasteiger partial charge is 0.372 e. The normalized spacial score (nSPS) is 28.8. The Morgan fingerprint density at radius 3 is 2.88 bits per heavy atom. The molecule has 1 aliphatic heterocycles. The highest BCUT2D eigenvalue weighted by atomic mass is 16.5. The minimum Gasteiger partial charge on any atom is -0.372 e. The molecule has 90 valence electrons. The molecule has 2 aliphatic rings. The SMILES string of the molecule is O=C1CCCCC1C1OCCc2ccccc21. The topological polar surface area (TPSA) is 26.3 Å². The highest BCUT2D eigenvalue weighted by molar-refractivity contribution is 5.82. The molecule has 1 fully saturated rings. The van der Waals surface area contributed by atoms with E-state index in [0.717, 1.165) is 32.3 Å². The molecule has 2 heteroatoms. The van der Waals surface area contributed by atoms with Crippen LogP contribution in [0.3, 0.4) is 0 Å². The second-order valence-corrected chi connectivity index (χ2v) is 5.06. The number of carbonyl (C=O) groups excluding carboxylic acids is 1. The highest BCUT2D eigenvalue weighted by Crippen LogP contribution is 2.38. The fourth-order valence-corrected chi connectivity index (χ4v) is 3.09. The van der Waals surface area contributed by atoms with Crippen LogP contribution in [0.25, 0.3) is 0 Å². The van der Waals surface area contributed by atoms with Crippen molar-refractivity contribution in [3.63, 3.8) is 0 Å². The number of carbonyl (C=O) groups is 1. The van der Waals surface area contributed by atoms with Gasteiger partial charge in [-0.2, -0.15) is 0 Å². The average Bonchev–Trinajstić information content (AvgIpc) is 2.39. The van der Waals surface area contributed by atoms with E-state index in [9.17, 15) is 4.79 Å². The Morgan fingerprint density at radius 1 is 1.12 bits per heavy atom. The van der Waals surface area contributed by atoms with Gasteiger partial charge in [0.05, 0.1) is 12.7 Å². The lowest BCUT2D eigenvalue weighted by atomic mass is 9.79. The van der Waals surface area contributed by atoms with Crippen molar-refractivity contribution < 1.29 is 9.53 Å². The van der Waals surface area contributed by atoms with E-state index in [4.69, 9.17) is 4.74 Å². The van der Waals surface area contributed by atoms with E-state index in [1.807, 2.05) is 6.07 Å². The monoisotopic (exact) mass is 230 g/mol. The van der Waals surface area contributed by atoms with E-state index in [2.05, 4.69) is 18.2 Å². The lowest BCUT2D eigenvalue weighted by Crippen LogP contribution is -2.30. The van der Waals surface area contributed by atoms with Crippen LogP contribution in [0, 0.1) is 5.92 Å². The number of ketones is 1. The van der Waals surface area contributed by atoms with E-state index < -0.39 is 0 Å². The Morgan fingerprint density at radius 2 is 2.00 bits per heavy atom. The van der Waals surface area contributed by atoms with E-state index >= 15 is 0 Å². The molecule has 0 saturated heterocycles. The zero-order chi connectivity index (χ0) is 11.7. The maximum absolute atomic E-state index is 12.0. The van der Waals surface area contributed by atoms with Crippen molar-refractivity contribution in [3.8, 4) is 0 Å². The van der Waals surface area contributed by atoms with Crippen molar-refractivity contribution in [2.75, 3.05) is 6.61 Å². The number of rotatable bonds is 1. The lowest BCUT2D eigenvalue weighted by Gasteiger charge is -2.33. The van der Waals surface area contributed by atoms with Crippen LogP contribution in [-0.2, 0) is 16.0 Å². The number of hydrogen-bond donors (Lipinski definition) is 0. The van der Waals surface area contributed by atoms with Gasteiger partial charge < -0.3 is 4.74 Å². The zero-order valence-electron chi connectivity index (χ0n) is 10.0. The van der Waals surface area contributed by atoms with Gasteiger partial charge in [0.15, 0.2) is 0 Å².